The van der Waals surface area contributed by atoms with Crippen LogP contribution >= 0.6 is 0 Å². The minimum Gasteiger partial charge on any atom is -0.496 e. The fourth-order valence-electron chi connectivity index (χ4n) is 6.70. The van der Waals surface area contributed by atoms with E-state index < -0.39 is 0 Å². The summed E-state index contributed by atoms with van der Waals surface area (Å²) in [4.78, 5) is 12.9. The zero-order valence-corrected chi connectivity index (χ0v) is 16.2. The number of fused-ring (bicyclic) bond motifs is 1. The molecule has 0 atom stereocenters. The van der Waals surface area contributed by atoms with Crippen LogP contribution in [0.4, 0.5) is 0 Å². The lowest BCUT2D eigenvalue weighted by atomic mass is 9.49. The van der Waals surface area contributed by atoms with E-state index in [1.165, 1.54) is 38.5 Å². The standard InChI is InChI=1S/C24H29NO2/c1-27-22-12-20-5-3-2-4-19(20)11-21(22)23(26)25-7-6-24-13-16-8-17(14-24)10-18(9-16)15-24/h2-5,11-12,16-18H,6-10,13-15H2,1H3,(H,25,26). The molecule has 1 N–H and O–H groups in total. The fourth-order valence-corrected chi connectivity index (χ4v) is 6.70. The maximum atomic E-state index is 12.9. The summed E-state index contributed by atoms with van der Waals surface area (Å²) in [5.74, 6) is 3.54. The van der Waals surface area contributed by atoms with Crippen molar-refractivity contribution in [3.8, 4) is 5.75 Å². The molecule has 4 aliphatic carbocycles. The lowest BCUT2D eigenvalue weighted by Crippen LogP contribution is -2.47. The largest absolute Gasteiger partial charge is 0.496 e. The summed E-state index contributed by atoms with van der Waals surface area (Å²) in [6.07, 6.45) is 9.74. The molecule has 0 unspecified atom stereocenters. The van der Waals surface area contributed by atoms with Crippen molar-refractivity contribution in [2.45, 2.75) is 44.9 Å². The van der Waals surface area contributed by atoms with Crippen molar-refractivity contribution in [3.05, 3.63) is 42.0 Å². The highest BCUT2D eigenvalue weighted by Crippen LogP contribution is 2.61. The summed E-state index contributed by atoms with van der Waals surface area (Å²) in [5, 5.41) is 5.36. The third-order valence-corrected chi connectivity index (χ3v) is 7.42. The van der Waals surface area contributed by atoms with E-state index in [2.05, 4.69) is 5.32 Å². The molecule has 3 nitrogen and oxygen atoms in total. The zero-order chi connectivity index (χ0) is 18.4. The Morgan fingerprint density at radius 2 is 1.63 bits per heavy atom. The summed E-state index contributed by atoms with van der Waals surface area (Å²) in [6.45, 7) is 0.779. The highest BCUT2D eigenvalue weighted by Gasteiger charge is 2.50. The van der Waals surface area contributed by atoms with Crippen LogP contribution in [0.25, 0.3) is 10.8 Å². The van der Waals surface area contributed by atoms with Gasteiger partial charge in [0.25, 0.3) is 5.91 Å². The van der Waals surface area contributed by atoms with Crippen molar-refractivity contribution in [2.75, 3.05) is 13.7 Å². The van der Waals surface area contributed by atoms with Crippen LogP contribution < -0.4 is 10.1 Å². The molecule has 4 fully saturated rings. The monoisotopic (exact) mass is 363 g/mol. The van der Waals surface area contributed by atoms with Gasteiger partial charge in [-0.3, -0.25) is 4.79 Å². The molecule has 4 aliphatic rings. The number of nitrogens with one attached hydrogen (secondary N) is 1. The highest BCUT2D eigenvalue weighted by molar-refractivity contribution is 6.01. The fraction of sp³-hybridized carbons (Fsp3) is 0.542. The van der Waals surface area contributed by atoms with Crippen LogP contribution in [0.3, 0.4) is 0 Å². The van der Waals surface area contributed by atoms with Crippen LogP contribution in [0.2, 0.25) is 0 Å². The van der Waals surface area contributed by atoms with Gasteiger partial charge < -0.3 is 10.1 Å². The number of carbonyl (C=O) groups excluding carboxylic acids is 1. The van der Waals surface area contributed by atoms with E-state index in [4.69, 9.17) is 4.74 Å². The van der Waals surface area contributed by atoms with Gasteiger partial charge in [-0.1, -0.05) is 24.3 Å². The lowest BCUT2D eigenvalue weighted by Gasteiger charge is -2.57. The molecule has 0 saturated heterocycles. The number of methoxy groups -OCH3 is 1. The first-order chi connectivity index (χ1) is 13.1. The summed E-state index contributed by atoms with van der Waals surface area (Å²) in [7, 11) is 1.64. The minimum atomic E-state index is -0.0117. The molecule has 0 aliphatic heterocycles. The maximum Gasteiger partial charge on any atom is 0.255 e. The van der Waals surface area contributed by atoms with E-state index in [-0.39, 0.29) is 5.91 Å². The molecule has 2 aromatic carbocycles. The normalized spacial score (nSPS) is 31.2. The molecule has 3 heteroatoms. The number of carbonyl (C=O) groups is 1. The number of rotatable bonds is 5. The molecular formula is C24H29NO2. The van der Waals surface area contributed by atoms with Crippen molar-refractivity contribution < 1.29 is 9.53 Å². The molecule has 27 heavy (non-hydrogen) atoms. The average Bonchev–Trinajstić information content (AvgIpc) is 2.65. The van der Waals surface area contributed by atoms with Crippen molar-refractivity contribution in [2.24, 2.45) is 23.2 Å². The van der Waals surface area contributed by atoms with Gasteiger partial charge in [-0.25, -0.2) is 0 Å². The third-order valence-electron chi connectivity index (χ3n) is 7.42. The number of amides is 1. The SMILES string of the molecule is COc1cc2ccccc2cc1C(=O)NCCC12CC3CC(CC(C3)C1)C2. The Bertz CT molecular complexity index is 837. The quantitative estimate of drug-likeness (QED) is 0.794. The molecular weight excluding hydrogens is 334 g/mol. The Labute approximate surface area is 161 Å². The van der Waals surface area contributed by atoms with Crippen LogP contribution in [0, 0.1) is 23.2 Å². The van der Waals surface area contributed by atoms with Crippen LogP contribution in [-0.2, 0) is 0 Å². The van der Waals surface area contributed by atoms with Crippen molar-refractivity contribution in [3.63, 3.8) is 0 Å². The smallest absolute Gasteiger partial charge is 0.255 e. The van der Waals surface area contributed by atoms with Gasteiger partial charge in [-0.2, -0.15) is 0 Å². The summed E-state index contributed by atoms with van der Waals surface area (Å²) in [5.41, 5.74) is 1.15. The summed E-state index contributed by atoms with van der Waals surface area (Å²) >= 11 is 0. The van der Waals surface area contributed by atoms with Gasteiger partial charge in [0.1, 0.15) is 5.75 Å². The van der Waals surface area contributed by atoms with Crippen LogP contribution in [-0.4, -0.2) is 19.6 Å². The second kappa shape index (κ2) is 6.54. The number of hydrogen-bond acceptors (Lipinski definition) is 2. The molecule has 142 valence electrons. The molecule has 0 heterocycles. The molecule has 0 spiro atoms. The van der Waals surface area contributed by atoms with Crippen LogP contribution in [0.5, 0.6) is 5.75 Å². The Balaban J connectivity index is 1.28. The van der Waals surface area contributed by atoms with E-state index >= 15 is 0 Å². The molecule has 2 aromatic rings. The molecule has 4 bridgehead atoms. The van der Waals surface area contributed by atoms with Crippen LogP contribution in [0.1, 0.15) is 55.3 Å². The Kier molecular flexibility index (Phi) is 4.14. The average molecular weight is 364 g/mol. The molecule has 6 rings (SSSR count). The van der Waals surface area contributed by atoms with Gasteiger partial charge in [0.15, 0.2) is 0 Å². The van der Waals surface area contributed by atoms with E-state index in [0.29, 0.717) is 16.7 Å². The van der Waals surface area contributed by atoms with Crippen LogP contribution in [0.15, 0.2) is 36.4 Å². The highest BCUT2D eigenvalue weighted by atomic mass is 16.5. The maximum absolute atomic E-state index is 12.9. The minimum absolute atomic E-state index is 0.0117. The Morgan fingerprint density at radius 3 is 2.22 bits per heavy atom. The van der Waals surface area contributed by atoms with Crippen molar-refractivity contribution in [1.29, 1.82) is 0 Å². The first-order valence-electron chi connectivity index (χ1n) is 10.5. The Hall–Kier alpha value is -2.03. The van der Waals surface area contributed by atoms with Gasteiger partial charge in [0.2, 0.25) is 0 Å². The van der Waals surface area contributed by atoms with Crippen molar-refractivity contribution >= 4 is 16.7 Å². The van der Waals surface area contributed by atoms with Gasteiger partial charge in [-0.15, -0.1) is 0 Å². The van der Waals surface area contributed by atoms with E-state index in [1.54, 1.807) is 7.11 Å². The lowest BCUT2D eigenvalue weighted by molar-refractivity contribution is -0.0564. The van der Waals surface area contributed by atoms with Gasteiger partial charge >= 0.3 is 0 Å². The molecule has 0 aromatic heterocycles. The third kappa shape index (κ3) is 3.11. The summed E-state index contributed by atoms with van der Waals surface area (Å²) in [6, 6.07) is 12.0. The van der Waals surface area contributed by atoms with Crippen molar-refractivity contribution in [1.82, 2.24) is 5.32 Å². The molecule has 4 saturated carbocycles. The van der Waals surface area contributed by atoms with Gasteiger partial charge in [0.05, 0.1) is 12.7 Å². The van der Waals surface area contributed by atoms with E-state index in [9.17, 15) is 4.79 Å². The predicted octanol–water partition coefficient (Wildman–Crippen LogP) is 5.18. The second-order valence-electron chi connectivity index (χ2n) is 9.32. The molecule has 1 amide bonds. The van der Waals surface area contributed by atoms with E-state index in [0.717, 1.165) is 41.5 Å². The second-order valence-corrected chi connectivity index (χ2v) is 9.32. The predicted molar refractivity (Wildman–Crippen MR) is 108 cm³/mol. The first-order valence-corrected chi connectivity index (χ1v) is 10.5. The number of hydrogen-bond donors (Lipinski definition) is 1. The molecule has 0 radical (unpaired) electrons. The number of ether oxygens (including phenoxy) is 1. The summed E-state index contributed by atoms with van der Waals surface area (Å²) < 4.78 is 5.49. The Morgan fingerprint density at radius 1 is 1.04 bits per heavy atom. The first kappa shape index (κ1) is 17.1. The van der Waals surface area contributed by atoms with Gasteiger partial charge in [0, 0.05) is 6.54 Å². The van der Waals surface area contributed by atoms with Gasteiger partial charge in [-0.05, 0) is 91.0 Å². The zero-order valence-electron chi connectivity index (χ0n) is 16.2. The number of benzene rings is 2. The van der Waals surface area contributed by atoms with E-state index in [1.807, 2.05) is 36.4 Å². The topological polar surface area (TPSA) is 38.3 Å².